The fourth-order valence-electron chi connectivity index (χ4n) is 2.59. The molecule has 1 aliphatic heterocycles. The predicted molar refractivity (Wildman–Crippen MR) is 77.2 cm³/mol. The summed E-state index contributed by atoms with van der Waals surface area (Å²) in [7, 11) is 0. The van der Waals surface area contributed by atoms with Crippen LogP contribution < -0.4 is 11.1 Å². The van der Waals surface area contributed by atoms with Crippen LogP contribution in [0.3, 0.4) is 0 Å². The van der Waals surface area contributed by atoms with E-state index in [2.05, 4.69) is 5.32 Å². The third-order valence-electron chi connectivity index (χ3n) is 3.65. The van der Waals surface area contributed by atoms with E-state index in [1.165, 1.54) is 4.57 Å². The molecule has 2 aromatic rings. The number of hydrogen-bond donors (Lipinski definition) is 1. The van der Waals surface area contributed by atoms with Crippen LogP contribution in [0.25, 0.3) is 11.1 Å². The lowest BCUT2D eigenvalue weighted by atomic mass is 10.1. The smallest absolute Gasteiger partial charge is 0.408 e. The first-order chi connectivity index (χ1) is 10.1. The van der Waals surface area contributed by atoms with Crippen LogP contribution in [0.4, 0.5) is 0 Å². The third-order valence-corrected chi connectivity index (χ3v) is 3.65. The van der Waals surface area contributed by atoms with Gasteiger partial charge >= 0.3 is 5.76 Å². The molecule has 3 rings (SSSR count). The Morgan fingerprint density at radius 2 is 2.33 bits per heavy atom. The Balaban J connectivity index is 1.77. The summed E-state index contributed by atoms with van der Waals surface area (Å²) < 4.78 is 11.8. The van der Waals surface area contributed by atoms with Crippen LogP contribution in [0.1, 0.15) is 18.4 Å². The van der Waals surface area contributed by atoms with E-state index in [0.717, 1.165) is 25.0 Å². The number of aromatic nitrogens is 1. The molecule has 1 saturated heterocycles. The number of benzene rings is 1. The molecule has 21 heavy (non-hydrogen) atoms. The lowest BCUT2D eigenvalue weighted by Gasteiger charge is -2.23. The van der Waals surface area contributed by atoms with Gasteiger partial charge in [0.05, 0.1) is 18.2 Å². The number of hydrogen-bond acceptors (Lipinski definition) is 4. The van der Waals surface area contributed by atoms with Crippen molar-refractivity contribution < 1.29 is 13.9 Å². The number of fused-ring (bicyclic) bond motifs is 1. The van der Waals surface area contributed by atoms with Gasteiger partial charge in [-0.15, -0.1) is 0 Å². The number of nitrogens with one attached hydrogen (secondary N) is 1. The zero-order chi connectivity index (χ0) is 14.8. The zero-order valence-electron chi connectivity index (χ0n) is 11.9. The van der Waals surface area contributed by atoms with E-state index in [-0.39, 0.29) is 18.5 Å². The van der Waals surface area contributed by atoms with Crippen molar-refractivity contribution in [1.29, 1.82) is 0 Å². The van der Waals surface area contributed by atoms with Gasteiger partial charge in [-0.3, -0.25) is 9.36 Å². The highest BCUT2D eigenvalue weighted by atomic mass is 16.5. The number of oxazole rings is 1. The van der Waals surface area contributed by atoms with Crippen molar-refractivity contribution in [2.75, 3.05) is 13.2 Å². The quantitative estimate of drug-likeness (QED) is 0.921. The van der Waals surface area contributed by atoms with Crippen LogP contribution >= 0.6 is 0 Å². The molecule has 6 heteroatoms. The number of rotatable bonds is 3. The van der Waals surface area contributed by atoms with Crippen molar-refractivity contribution in [2.24, 2.45) is 0 Å². The number of ether oxygens (including phenoxy) is 1. The highest BCUT2D eigenvalue weighted by molar-refractivity contribution is 5.80. The van der Waals surface area contributed by atoms with Crippen LogP contribution in [0.5, 0.6) is 0 Å². The minimum atomic E-state index is -0.509. The van der Waals surface area contributed by atoms with Crippen LogP contribution in [-0.2, 0) is 16.1 Å². The second-order valence-corrected chi connectivity index (χ2v) is 5.41. The molecule has 0 saturated carbocycles. The molecule has 1 aromatic carbocycles. The number of amides is 1. The second kappa shape index (κ2) is 5.73. The summed E-state index contributed by atoms with van der Waals surface area (Å²) >= 11 is 0. The molecule has 0 aliphatic carbocycles. The Labute approximate surface area is 121 Å². The van der Waals surface area contributed by atoms with E-state index < -0.39 is 5.76 Å². The third kappa shape index (κ3) is 3.00. The van der Waals surface area contributed by atoms with Gasteiger partial charge in [0.25, 0.3) is 0 Å². The van der Waals surface area contributed by atoms with Gasteiger partial charge in [-0.25, -0.2) is 4.79 Å². The number of aryl methyl sites for hydroxylation is 1. The summed E-state index contributed by atoms with van der Waals surface area (Å²) in [5.41, 5.74) is 2.16. The molecule has 2 heterocycles. The molecular weight excluding hydrogens is 272 g/mol. The Hall–Kier alpha value is -2.08. The minimum Gasteiger partial charge on any atom is -0.408 e. The first-order valence-corrected chi connectivity index (χ1v) is 7.10. The van der Waals surface area contributed by atoms with E-state index >= 15 is 0 Å². The van der Waals surface area contributed by atoms with Crippen LogP contribution in [-0.4, -0.2) is 29.7 Å². The molecule has 1 aliphatic rings. The summed E-state index contributed by atoms with van der Waals surface area (Å²) in [5.74, 6) is -0.706. The van der Waals surface area contributed by atoms with E-state index in [9.17, 15) is 9.59 Å². The van der Waals surface area contributed by atoms with Gasteiger partial charge in [-0.2, -0.15) is 0 Å². The van der Waals surface area contributed by atoms with E-state index in [0.29, 0.717) is 17.7 Å². The summed E-state index contributed by atoms with van der Waals surface area (Å²) in [6.45, 7) is 3.18. The van der Waals surface area contributed by atoms with Crippen molar-refractivity contribution >= 4 is 17.0 Å². The van der Waals surface area contributed by atoms with Gasteiger partial charge in [0.1, 0.15) is 6.54 Å². The van der Waals surface area contributed by atoms with Gasteiger partial charge < -0.3 is 14.5 Å². The van der Waals surface area contributed by atoms with E-state index in [1.807, 2.05) is 19.1 Å². The maximum absolute atomic E-state index is 12.1. The minimum absolute atomic E-state index is 0.0295. The first-order valence-electron chi connectivity index (χ1n) is 7.10. The van der Waals surface area contributed by atoms with Gasteiger partial charge in [-0.1, -0.05) is 6.07 Å². The Bertz CT molecular complexity index is 710. The molecule has 0 radical (unpaired) electrons. The largest absolute Gasteiger partial charge is 0.420 e. The lowest BCUT2D eigenvalue weighted by molar-refractivity contribution is -0.123. The van der Waals surface area contributed by atoms with Crippen molar-refractivity contribution in [3.8, 4) is 0 Å². The fourth-order valence-corrected chi connectivity index (χ4v) is 2.59. The van der Waals surface area contributed by atoms with Gasteiger partial charge in [0.15, 0.2) is 5.58 Å². The molecule has 0 unspecified atom stereocenters. The summed E-state index contributed by atoms with van der Waals surface area (Å²) in [6.07, 6.45) is 1.85. The van der Waals surface area contributed by atoms with E-state index in [1.54, 1.807) is 6.07 Å². The summed E-state index contributed by atoms with van der Waals surface area (Å²) in [6, 6.07) is 5.49. The van der Waals surface area contributed by atoms with Gasteiger partial charge in [0, 0.05) is 6.61 Å². The fraction of sp³-hybridized carbons (Fsp3) is 0.467. The summed E-state index contributed by atoms with van der Waals surface area (Å²) in [5, 5.41) is 2.90. The second-order valence-electron chi connectivity index (χ2n) is 5.41. The summed E-state index contributed by atoms with van der Waals surface area (Å²) in [4.78, 5) is 24.0. The highest BCUT2D eigenvalue weighted by Gasteiger charge is 2.18. The maximum atomic E-state index is 12.1. The lowest BCUT2D eigenvalue weighted by Crippen LogP contribution is -2.42. The maximum Gasteiger partial charge on any atom is 0.420 e. The first kappa shape index (κ1) is 13.9. The molecule has 1 atom stereocenters. The molecule has 1 N–H and O–H groups in total. The average Bonchev–Trinajstić information content (AvgIpc) is 2.76. The molecule has 0 bridgehead atoms. The van der Waals surface area contributed by atoms with Crippen LogP contribution in [0.2, 0.25) is 0 Å². The zero-order valence-corrected chi connectivity index (χ0v) is 11.9. The molecule has 6 nitrogen and oxygen atoms in total. The normalized spacial score (nSPS) is 18.8. The van der Waals surface area contributed by atoms with Crippen molar-refractivity contribution in [3.63, 3.8) is 0 Å². The molecule has 1 fully saturated rings. The Kier molecular flexibility index (Phi) is 3.79. The molecule has 1 aromatic heterocycles. The van der Waals surface area contributed by atoms with Crippen LogP contribution in [0, 0.1) is 6.92 Å². The SMILES string of the molecule is Cc1ccc2oc(=O)n(CC(=O)N[C@@H]3CCCOC3)c2c1. The predicted octanol–water partition coefficient (Wildman–Crippen LogP) is 1.20. The standard InChI is InChI=1S/C15H18N2O4/c1-10-4-5-13-12(7-10)17(15(19)21-13)8-14(18)16-11-3-2-6-20-9-11/h4-5,7,11H,2-3,6,8-9H2,1H3,(H,16,18)/t11-/m1/s1. The van der Waals surface area contributed by atoms with Crippen LogP contribution in [0.15, 0.2) is 27.4 Å². The van der Waals surface area contributed by atoms with Crippen molar-refractivity contribution in [2.45, 2.75) is 32.4 Å². The topological polar surface area (TPSA) is 73.5 Å². The number of carbonyl (C=O) groups excluding carboxylic acids is 1. The number of nitrogens with zero attached hydrogens (tertiary/aromatic N) is 1. The Morgan fingerprint density at radius 1 is 1.48 bits per heavy atom. The molecule has 0 spiro atoms. The monoisotopic (exact) mass is 290 g/mol. The molecule has 1 amide bonds. The average molecular weight is 290 g/mol. The highest BCUT2D eigenvalue weighted by Crippen LogP contribution is 2.14. The van der Waals surface area contributed by atoms with Crippen molar-refractivity contribution in [3.05, 3.63) is 34.3 Å². The Morgan fingerprint density at radius 3 is 3.10 bits per heavy atom. The van der Waals surface area contributed by atoms with E-state index in [4.69, 9.17) is 9.15 Å². The van der Waals surface area contributed by atoms with Gasteiger partial charge in [-0.05, 0) is 37.5 Å². The molecular formula is C15H18N2O4. The van der Waals surface area contributed by atoms with Gasteiger partial charge in [0.2, 0.25) is 5.91 Å². The number of carbonyl (C=O) groups is 1. The molecule has 112 valence electrons. The van der Waals surface area contributed by atoms with Crippen molar-refractivity contribution in [1.82, 2.24) is 9.88 Å².